The van der Waals surface area contributed by atoms with Crippen molar-refractivity contribution in [1.82, 2.24) is 4.90 Å². The average molecular weight is 177 g/mol. The Balaban J connectivity index is 2.57. The second kappa shape index (κ2) is 3.16. The van der Waals surface area contributed by atoms with Crippen molar-refractivity contribution < 1.29 is 9.90 Å². The minimum absolute atomic E-state index is 0.211. The van der Waals surface area contributed by atoms with Gasteiger partial charge in [0.05, 0.1) is 0 Å². The van der Waals surface area contributed by atoms with Gasteiger partial charge in [-0.1, -0.05) is 0 Å². The molecule has 1 rings (SSSR count). The minimum Gasteiger partial charge on any atom is -0.465 e. The summed E-state index contributed by atoms with van der Waals surface area (Å²) >= 11 is 2.40. The highest BCUT2D eigenvalue weighted by molar-refractivity contribution is 8.17. The lowest BCUT2D eigenvalue weighted by Gasteiger charge is -2.13. The lowest BCUT2D eigenvalue weighted by molar-refractivity contribution is 0.174. The van der Waals surface area contributed by atoms with Crippen molar-refractivity contribution >= 4 is 36.1 Å². The molecule has 4 nitrogen and oxygen atoms in total. The van der Waals surface area contributed by atoms with E-state index >= 15 is 0 Å². The van der Waals surface area contributed by atoms with Crippen LogP contribution in [0.15, 0.2) is 4.40 Å². The predicted molar refractivity (Wildman–Crippen MR) is 42.7 cm³/mol. The smallest absolute Gasteiger partial charge is 0.414 e. The molecular weight excluding hydrogens is 172 g/mol. The van der Waals surface area contributed by atoms with Gasteiger partial charge in [-0.3, -0.25) is 0 Å². The van der Waals surface area contributed by atoms with Gasteiger partial charge in [0.2, 0.25) is 0 Å². The van der Waals surface area contributed by atoms with Crippen LogP contribution >= 0.6 is 23.7 Å². The Morgan fingerprint density at radius 3 is 3.10 bits per heavy atom. The molecule has 1 radical (unpaired) electrons. The number of rotatable bonds is 1. The van der Waals surface area contributed by atoms with E-state index in [1.165, 1.54) is 30.0 Å². The first-order valence-electron chi connectivity index (χ1n) is 2.37. The zero-order valence-corrected chi connectivity index (χ0v) is 6.56. The molecule has 0 aliphatic carbocycles. The van der Waals surface area contributed by atoms with Gasteiger partial charge >= 0.3 is 6.09 Å². The molecule has 1 aliphatic heterocycles. The van der Waals surface area contributed by atoms with E-state index in [9.17, 15) is 4.79 Å². The second-order valence-corrected chi connectivity index (χ2v) is 3.44. The van der Waals surface area contributed by atoms with E-state index in [4.69, 9.17) is 5.11 Å². The lowest BCUT2D eigenvalue weighted by Crippen LogP contribution is -2.30. The molecule has 0 saturated carbocycles. The second-order valence-electron chi connectivity index (χ2n) is 1.49. The first-order chi connectivity index (χ1) is 4.75. The fourth-order valence-electron chi connectivity index (χ4n) is 0.486. The zero-order chi connectivity index (χ0) is 7.56. The molecule has 0 aromatic heterocycles. The molecule has 55 valence electrons. The summed E-state index contributed by atoms with van der Waals surface area (Å²) in [7, 11) is 0. The van der Waals surface area contributed by atoms with Crippen molar-refractivity contribution in [2.24, 2.45) is 4.40 Å². The Hall–Kier alpha value is -0.360. The summed E-state index contributed by atoms with van der Waals surface area (Å²) in [4.78, 5) is 11.5. The van der Waals surface area contributed by atoms with Crippen LogP contribution in [0, 0.1) is 6.26 Å². The topological polar surface area (TPSA) is 52.9 Å². The standard InChI is InChI=1S/C4H5N2O2S2/c1-9-4-6(3(7)8)2-5-10-4/h2,4H,1H2,(H,7,8). The SMILES string of the molecule is [CH2]SC1SN=CN1C(=O)O. The number of hydrogen-bond donors (Lipinski definition) is 1. The number of carboxylic acid groups (broad SMARTS) is 1. The van der Waals surface area contributed by atoms with Crippen LogP contribution in [-0.4, -0.2) is 27.1 Å². The molecule has 0 saturated heterocycles. The molecule has 0 fully saturated rings. The molecular formula is C4H5N2O2S2. The maximum Gasteiger partial charge on any atom is 0.414 e. The number of thioether (sulfide) groups is 1. The van der Waals surface area contributed by atoms with Crippen molar-refractivity contribution in [3.05, 3.63) is 6.26 Å². The number of amides is 1. The van der Waals surface area contributed by atoms with Crippen molar-refractivity contribution in [3.63, 3.8) is 0 Å². The Morgan fingerprint density at radius 1 is 2.00 bits per heavy atom. The largest absolute Gasteiger partial charge is 0.465 e. The number of nitrogens with zero attached hydrogens (tertiary/aromatic N) is 2. The Morgan fingerprint density at radius 2 is 2.70 bits per heavy atom. The van der Waals surface area contributed by atoms with Crippen LogP contribution in [0.3, 0.4) is 0 Å². The summed E-state index contributed by atoms with van der Waals surface area (Å²) < 4.78 is 3.50. The van der Waals surface area contributed by atoms with Crippen LogP contribution in [0.4, 0.5) is 4.79 Å². The summed E-state index contributed by atoms with van der Waals surface area (Å²) in [6.07, 6.45) is 3.81. The monoisotopic (exact) mass is 177 g/mol. The Bertz CT molecular complexity index is 173. The molecule has 1 amide bonds. The quantitative estimate of drug-likeness (QED) is 0.616. The van der Waals surface area contributed by atoms with Gasteiger partial charge in [-0.05, 0) is 0 Å². The van der Waals surface area contributed by atoms with Crippen molar-refractivity contribution in [3.8, 4) is 0 Å². The third-order valence-corrected chi connectivity index (χ3v) is 2.72. The van der Waals surface area contributed by atoms with Gasteiger partial charge in [-0.2, -0.15) is 0 Å². The molecule has 0 aromatic rings. The Kier molecular flexibility index (Phi) is 2.44. The van der Waals surface area contributed by atoms with Crippen LogP contribution in [0.1, 0.15) is 0 Å². The third kappa shape index (κ3) is 1.38. The molecule has 0 bridgehead atoms. The summed E-state index contributed by atoms with van der Waals surface area (Å²) in [5, 5.41) is 8.50. The van der Waals surface area contributed by atoms with Gasteiger partial charge in [0, 0.05) is 18.2 Å². The fourth-order valence-corrected chi connectivity index (χ4v) is 1.69. The number of carbonyl (C=O) groups is 1. The van der Waals surface area contributed by atoms with Crippen LogP contribution in [0.2, 0.25) is 0 Å². The van der Waals surface area contributed by atoms with Gasteiger partial charge < -0.3 is 5.11 Å². The van der Waals surface area contributed by atoms with E-state index in [2.05, 4.69) is 10.7 Å². The number of hydrogen-bond acceptors (Lipinski definition) is 4. The van der Waals surface area contributed by atoms with Crippen molar-refractivity contribution in [2.45, 2.75) is 4.71 Å². The molecule has 1 unspecified atom stereocenters. The summed E-state index contributed by atoms with van der Waals surface area (Å²) in [5.41, 5.74) is 0. The summed E-state index contributed by atoms with van der Waals surface area (Å²) in [5.74, 6) is 0. The van der Waals surface area contributed by atoms with Gasteiger partial charge in [-0.25, -0.2) is 14.1 Å². The molecule has 1 heterocycles. The third-order valence-electron chi connectivity index (χ3n) is 0.913. The summed E-state index contributed by atoms with van der Waals surface area (Å²) in [6, 6.07) is 0. The molecule has 1 atom stereocenters. The van der Waals surface area contributed by atoms with Gasteiger partial charge in [-0.15, -0.1) is 11.8 Å². The molecule has 0 aromatic carbocycles. The zero-order valence-electron chi connectivity index (χ0n) is 4.93. The minimum atomic E-state index is -0.991. The highest BCUT2D eigenvalue weighted by atomic mass is 32.2. The van der Waals surface area contributed by atoms with E-state index in [1.807, 2.05) is 0 Å². The van der Waals surface area contributed by atoms with Crippen LogP contribution in [0.25, 0.3) is 0 Å². The van der Waals surface area contributed by atoms with E-state index in [1.54, 1.807) is 0 Å². The maximum atomic E-state index is 10.4. The Labute approximate surface area is 66.8 Å². The van der Waals surface area contributed by atoms with Gasteiger partial charge in [0.1, 0.15) is 6.34 Å². The molecule has 10 heavy (non-hydrogen) atoms. The van der Waals surface area contributed by atoms with Crippen molar-refractivity contribution in [1.29, 1.82) is 0 Å². The van der Waals surface area contributed by atoms with E-state index in [0.29, 0.717) is 0 Å². The van der Waals surface area contributed by atoms with Crippen LogP contribution in [0.5, 0.6) is 0 Å². The molecule has 6 heteroatoms. The predicted octanol–water partition coefficient (Wildman–Crippen LogP) is 1.46. The normalized spacial score (nSPS) is 23.7. The van der Waals surface area contributed by atoms with Crippen molar-refractivity contribution in [2.75, 3.05) is 0 Å². The fraction of sp³-hybridized carbons (Fsp3) is 0.250. The van der Waals surface area contributed by atoms with E-state index < -0.39 is 6.09 Å². The molecule has 1 N–H and O–H groups in total. The molecule has 0 spiro atoms. The van der Waals surface area contributed by atoms with Crippen LogP contribution < -0.4 is 0 Å². The summed E-state index contributed by atoms with van der Waals surface area (Å²) in [6.45, 7) is 0. The molecule has 1 aliphatic rings. The average Bonchev–Trinajstić information content (AvgIpc) is 2.33. The van der Waals surface area contributed by atoms with E-state index in [0.717, 1.165) is 4.90 Å². The van der Waals surface area contributed by atoms with E-state index in [-0.39, 0.29) is 4.71 Å². The van der Waals surface area contributed by atoms with Crippen LogP contribution in [-0.2, 0) is 0 Å². The maximum absolute atomic E-state index is 10.4. The highest BCUT2D eigenvalue weighted by Crippen LogP contribution is 2.30. The van der Waals surface area contributed by atoms with Gasteiger partial charge in [0.15, 0.2) is 4.71 Å². The lowest BCUT2D eigenvalue weighted by atomic mass is 10.9. The first-order valence-corrected chi connectivity index (χ1v) is 4.25. The van der Waals surface area contributed by atoms with Gasteiger partial charge in [0.25, 0.3) is 0 Å². The highest BCUT2D eigenvalue weighted by Gasteiger charge is 2.25. The first kappa shape index (κ1) is 7.74.